The van der Waals surface area contributed by atoms with Crippen molar-refractivity contribution < 1.29 is 27.5 Å². The maximum Gasteiger partial charge on any atom is 0.416 e. The van der Waals surface area contributed by atoms with Crippen LogP contribution in [0.5, 0.6) is 0 Å². The summed E-state index contributed by atoms with van der Waals surface area (Å²) in [6.45, 7) is -0.449. The molecule has 0 radical (unpaired) electrons. The van der Waals surface area contributed by atoms with Crippen LogP contribution >= 0.6 is 11.8 Å². The Morgan fingerprint density at radius 2 is 1.94 bits per heavy atom. The number of ether oxygens (including phenoxy) is 1. The van der Waals surface area contributed by atoms with E-state index in [1.807, 2.05) is 12.1 Å². The van der Waals surface area contributed by atoms with Gasteiger partial charge in [-0.05, 0) is 30.3 Å². The molecule has 1 aliphatic heterocycles. The molecule has 0 unspecified atom stereocenters. The van der Waals surface area contributed by atoms with Gasteiger partial charge in [0.25, 0.3) is 5.56 Å². The number of H-pyrrole nitrogens is 1. The molecule has 0 fully saturated rings. The zero-order chi connectivity index (χ0) is 22.2. The number of amides is 1. The van der Waals surface area contributed by atoms with E-state index in [9.17, 15) is 27.6 Å². The van der Waals surface area contributed by atoms with Gasteiger partial charge < -0.3 is 15.0 Å². The lowest BCUT2D eigenvalue weighted by molar-refractivity contribution is -0.146. The molecule has 0 spiro atoms. The number of nitrogens with one attached hydrogen (secondary N) is 2. The van der Waals surface area contributed by atoms with E-state index in [0.717, 1.165) is 23.1 Å². The van der Waals surface area contributed by atoms with Crippen molar-refractivity contribution in [2.24, 2.45) is 0 Å². The lowest BCUT2D eigenvalue weighted by Crippen LogP contribution is -2.31. The number of halogens is 3. The lowest BCUT2D eigenvalue weighted by Gasteiger charge is -2.23. The molecular formula is C20H14F3N3O4S. The molecule has 0 aliphatic carbocycles. The monoisotopic (exact) mass is 449 g/mol. The van der Waals surface area contributed by atoms with Crippen LogP contribution in [-0.2, 0) is 27.1 Å². The minimum absolute atomic E-state index is 0.0166. The van der Waals surface area contributed by atoms with E-state index in [4.69, 9.17) is 4.74 Å². The summed E-state index contributed by atoms with van der Waals surface area (Å²) in [6.07, 6.45) is -4.80. The number of aromatic nitrogens is 2. The van der Waals surface area contributed by atoms with Crippen molar-refractivity contribution in [1.29, 1.82) is 0 Å². The number of esters is 1. The predicted octanol–water partition coefficient (Wildman–Crippen LogP) is 3.49. The van der Waals surface area contributed by atoms with Crippen LogP contribution in [0, 0.1) is 0 Å². The number of fused-ring (bicyclic) bond motifs is 2. The molecule has 31 heavy (non-hydrogen) atoms. The van der Waals surface area contributed by atoms with Crippen LogP contribution in [0.1, 0.15) is 17.8 Å². The Labute approximate surface area is 177 Å². The van der Waals surface area contributed by atoms with Crippen molar-refractivity contribution in [3.8, 4) is 0 Å². The summed E-state index contributed by atoms with van der Waals surface area (Å²) in [4.78, 5) is 43.6. The fourth-order valence-corrected chi connectivity index (χ4v) is 4.11. The fraction of sp³-hybridized carbons (Fsp3) is 0.200. The number of aromatic amines is 1. The third-order valence-corrected chi connectivity index (χ3v) is 5.79. The smallest absolute Gasteiger partial charge is 0.416 e. The van der Waals surface area contributed by atoms with Gasteiger partial charge in [0, 0.05) is 4.90 Å². The highest BCUT2D eigenvalue weighted by Gasteiger charge is 2.31. The third kappa shape index (κ3) is 4.55. The highest BCUT2D eigenvalue weighted by molar-refractivity contribution is 8.01. The molecule has 7 nitrogen and oxygen atoms in total. The van der Waals surface area contributed by atoms with Gasteiger partial charge in [-0.2, -0.15) is 13.2 Å². The summed E-state index contributed by atoms with van der Waals surface area (Å²) in [5.41, 5.74) is -1.09. The number of alkyl halides is 3. The molecule has 0 saturated carbocycles. The topological polar surface area (TPSA) is 101 Å². The average Bonchev–Trinajstić information content (AvgIpc) is 2.72. The molecular weight excluding hydrogens is 435 g/mol. The zero-order valence-electron chi connectivity index (χ0n) is 15.7. The number of benzene rings is 2. The second kappa shape index (κ2) is 8.06. The third-order valence-electron chi connectivity index (χ3n) is 4.51. The largest absolute Gasteiger partial charge is 0.457 e. The van der Waals surface area contributed by atoms with Crippen molar-refractivity contribution in [3.63, 3.8) is 0 Å². The van der Waals surface area contributed by atoms with Crippen molar-refractivity contribution in [3.05, 3.63) is 64.2 Å². The van der Waals surface area contributed by atoms with Crippen LogP contribution in [0.2, 0.25) is 0 Å². The van der Waals surface area contributed by atoms with Crippen molar-refractivity contribution in [2.45, 2.75) is 29.3 Å². The summed E-state index contributed by atoms with van der Waals surface area (Å²) in [7, 11) is 0. The molecule has 160 valence electrons. The fourth-order valence-electron chi connectivity index (χ4n) is 3.02. The first kappa shape index (κ1) is 20.9. The molecule has 4 rings (SSSR count). The van der Waals surface area contributed by atoms with E-state index >= 15 is 0 Å². The number of carbonyl (C=O) groups is 2. The molecule has 1 amide bonds. The lowest BCUT2D eigenvalue weighted by atomic mass is 10.1. The van der Waals surface area contributed by atoms with Crippen LogP contribution in [0.15, 0.2) is 52.2 Å². The minimum atomic E-state index is -4.58. The van der Waals surface area contributed by atoms with Crippen LogP contribution in [-0.4, -0.2) is 27.1 Å². The summed E-state index contributed by atoms with van der Waals surface area (Å²) in [5, 5.41) is 2.00. The average molecular weight is 449 g/mol. The number of rotatable bonds is 4. The number of carbonyl (C=O) groups excluding carboxylic acids is 2. The first-order chi connectivity index (χ1) is 14.7. The van der Waals surface area contributed by atoms with Crippen molar-refractivity contribution >= 4 is 40.2 Å². The summed E-state index contributed by atoms with van der Waals surface area (Å²) < 4.78 is 43.8. The standard InChI is InChI=1S/C20H14F3N3O4S/c21-20(22,23)10-5-6-11-13(7-10)24-16(26-18(11)28)9-30-17(27)8-15-19(29)25-12-3-1-2-4-14(12)31-15/h1-7,15H,8-9H2,(H,25,29)(H,24,26,28)/t15-/m1/s1. The Kier molecular flexibility index (Phi) is 5.44. The molecule has 1 aromatic heterocycles. The maximum atomic E-state index is 12.9. The van der Waals surface area contributed by atoms with Crippen molar-refractivity contribution in [2.75, 3.05) is 5.32 Å². The van der Waals surface area contributed by atoms with Crippen LogP contribution in [0.25, 0.3) is 10.9 Å². The zero-order valence-corrected chi connectivity index (χ0v) is 16.5. The number of hydrogen-bond donors (Lipinski definition) is 2. The molecule has 0 saturated heterocycles. The highest BCUT2D eigenvalue weighted by atomic mass is 32.2. The van der Waals surface area contributed by atoms with Crippen LogP contribution in [0.3, 0.4) is 0 Å². The SMILES string of the molecule is O=C(C[C@H]1Sc2ccccc2NC1=O)OCc1nc2cc(C(F)(F)F)ccc2c(=O)[nH]1. The molecule has 1 atom stereocenters. The first-order valence-electron chi connectivity index (χ1n) is 9.03. The Balaban J connectivity index is 1.44. The predicted molar refractivity (Wildman–Crippen MR) is 106 cm³/mol. The second-order valence-corrected chi connectivity index (χ2v) is 7.94. The van der Waals surface area contributed by atoms with Gasteiger partial charge in [0.15, 0.2) is 0 Å². The summed E-state index contributed by atoms with van der Waals surface area (Å²) in [5.74, 6) is -1.15. The van der Waals surface area contributed by atoms with Gasteiger partial charge in [-0.3, -0.25) is 14.4 Å². The highest BCUT2D eigenvalue weighted by Crippen LogP contribution is 2.36. The Bertz CT molecular complexity index is 1240. The molecule has 0 bridgehead atoms. The quantitative estimate of drug-likeness (QED) is 0.592. The van der Waals surface area contributed by atoms with Gasteiger partial charge in [0.1, 0.15) is 12.4 Å². The molecule has 1 aliphatic rings. The van der Waals surface area contributed by atoms with E-state index in [1.165, 1.54) is 11.8 Å². The Hall–Kier alpha value is -3.34. The molecule has 2 aromatic carbocycles. The van der Waals surface area contributed by atoms with Gasteiger partial charge in [0.05, 0.1) is 33.8 Å². The first-order valence-corrected chi connectivity index (χ1v) is 9.91. The van der Waals surface area contributed by atoms with E-state index in [2.05, 4.69) is 15.3 Å². The second-order valence-electron chi connectivity index (χ2n) is 6.70. The van der Waals surface area contributed by atoms with Gasteiger partial charge in [-0.1, -0.05) is 12.1 Å². The molecule has 11 heteroatoms. The number of thioether (sulfide) groups is 1. The maximum absolute atomic E-state index is 12.9. The number of nitrogens with zero attached hydrogens (tertiary/aromatic N) is 1. The van der Waals surface area contributed by atoms with Crippen LogP contribution in [0.4, 0.5) is 18.9 Å². The molecule has 2 N–H and O–H groups in total. The van der Waals surface area contributed by atoms with Crippen LogP contribution < -0.4 is 10.9 Å². The van der Waals surface area contributed by atoms with Gasteiger partial charge in [-0.25, -0.2) is 4.98 Å². The van der Waals surface area contributed by atoms with E-state index in [-0.39, 0.29) is 29.1 Å². The molecule has 2 heterocycles. The molecule has 3 aromatic rings. The van der Waals surface area contributed by atoms with Crippen molar-refractivity contribution in [1.82, 2.24) is 9.97 Å². The van der Waals surface area contributed by atoms with E-state index < -0.39 is 35.1 Å². The van der Waals surface area contributed by atoms with Gasteiger partial charge in [-0.15, -0.1) is 11.8 Å². The van der Waals surface area contributed by atoms with Gasteiger partial charge in [0.2, 0.25) is 5.91 Å². The summed E-state index contributed by atoms with van der Waals surface area (Å²) >= 11 is 1.23. The van der Waals surface area contributed by atoms with E-state index in [1.54, 1.807) is 12.1 Å². The Morgan fingerprint density at radius 1 is 1.16 bits per heavy atom. The number of hydrogen-bond acceptors (Lipinski definition) is 6. The Morgan fingerprint density at radius 3 is 2.71 bits per heavy atom. The van der Waals surface area contributed by atoms with E-state index in [0.29, 0.717) is 5.69 Å². The number of para-hydroxylation sites is 1. The minimum Gasteiger partial charge on any atom is -0.457 e. The normalized spacial score (nSPS) is 16.0. The number of anilines is 1. The van der Waals surface area contributed by atoms with Gasteiger partial charge >= 0.3 is 12.1 Å². The summed E-state index contributed by atoms with van der Waals surface area (Å²) in [6, 6.07) is 9.75.